The van der Waals surface area contributed by atoms with E-state index in [2.05, 4.69) is 20.9 Å². The van der Waals surface area contributed by atoms with Gasteiger partial charge < -0.3 is 0 Å². The maximum Gasteiger partial charge on any atom is 0.130 e. The van der Waals surface area contributed by atoms with E-state index in [1.54, 1.807) is 17.8 Å². The highest BCUT2D eigenvalue weighted by Crippen LogP contribution is 2.24. The Bertz CT molecular complexity index is 241. The van der Waals surface area contributed by atoms with Gasteiger partial charge >= 0.3 is 0 Å². The molecule has 1 aromatic heterocycles. The van der Waals surface area contributed by atoms with Crippen molar-refractivity contribution in [2.24, 2.45) is 0 Å². The van der Waals surface area contributed by atoms with Gasteiger partial charge in [0, 0.05) is 4.90 Å². The van der Waals surface area contributed by atoms with Crippen molar-refractivity contribution < 1.29 is 0 Å². The summed E-state index contributed by atoms with van der Waals surface area (Å²) < 4.78 is 0.813. The predicted octanol–water partition coefficient (Wildman–Crippen LogP) is 3.22. The molecule has 0 bridgehead atoms. The molecule has 0 atom stereocenters. The molecule has 1 rings (SSSR count). The second-order valence-corrected chi connectivity index (χ2v) is 3.61. The molecule has 0 spiro atoms. The largest absolute Gasteiger partial charge is 0.228 e. The van der Waals surface area contributed by atoms with Crippen LogP contribution in [0.5, 0.6) is 0 Å². The summed E-state index contributed by atoms with van der Waals surface area (Å²) in [5.74, 6) is 0. The van der Waals surface area contributed by atoms with Crippen LogP contribution in [0.25, 0.3) is 0 Å². The number of pyridine rings is 1. The average molecular weight is 239 g/mol. The van der Waals surface area contributed by atoms with Crippen LogP contribution in [0.15, 0.2) is 21.6 Å². The highest BCUT2D eigenvalue weighted by molar-refractivity contribution is 9.10. The van der Waals surface area contributed by atoms with Gasteiger partial charge in [-0.15, -0.1) is 11.8 Å². The molecule has 10 heavy (non-hydrogen) atoms. The van der Waals surface area contributed by atoms with Crippen LogP contribution < -0.4 is 0 Å². The molecule has 0 fully saturated rings. The van der Waals surface area contributed by atoms with Crippen LogP contribution in [0.3, 0.4) is 0 Å². The fraction of sp³-hybridized carbons (Fsp3) is 0.167. The third-order valence-corrected chi connectivity index (χ3v) is 2.85. The standard InChI is InChI=1S/C6H5BrClNS/c1-10-4-2-3-5(8)9-6(4)7/h2-3H,1H3. The maximum atomic E-state index is 5.62. The Morgan fingerprint density at radius 2 is 2.30 bits per heavy atom. The van der Waals surface area contributed by atoms with Crippen LogP contribution in [0, 0.1) is 0 Å². The number of halogens is 2. The number of thioether (sulfide) groups is 1. The third-order valence-electron chi connectivity index (χ3n) is 1.00. The van der Waals surface area contributed by atoms with E-state index in [-0.39, 0.29) is 0 Å². The summed E-state index contributed by atoms with van der Waals surface area (Å²) in [5, 5.41) is 0.518. The van der Waals surface area contributed by atoms with Gasteiger partial charge in [0.25, 0.3) is 0 Å². The van der Waals surface area contributed by atoms with Gasteiger partial charge in [-0.05, 0) is 34.3 Å². The first-order valence-electron chi connectivity index (χ1n) is 2.60. The number of aromatic nitrogens is 1. The molecule has 0 N–H and O–H groups in total. The fourth-order valence-corrected chi connectivity index (χ4v) is 2.03. The van der Waals surface area contributed by atoms with Crippen molar-refractivity contribution in [2.75, 3.05) is 6.26 Å². The van der Waals surface area contributed by atoms with Crippen LogP contribution in [-0.4, -0.2) is 11.2 Å². The first-order valence-corrected chi connectivity index (χ1v) is 4.99. The summed E-state index contributed by atoms with van der Waals surface area (Å²) in [4.78, 5) is 5.11. The molecule has 0 saturated carbocycles. The minimum absolute atomic E-state index is 0.518. The molecule has 54 valence electrons. The summed E-state index contributed by atoms with van der Waals surface area (Å²) in [7, 11) is 0. The molecule has 0 amide bonds. The highest BCUT2D eigenvalue weighted by Gasteiger charge is 1.98. The Balaban J connectivity index is 3.07. The topological polar surface area (TPSA) is 12.9 Å². The van der Waals surface area contributed by atoms with Crippen LogP contribution >= 0.6 is 39.3 Å². The normalized spacial score (nSPS) is 9.90. The summed E-state index contributed by atoms with van der Waals surface area (Å²) in [6, 6.07) is 3.71. The summed E-state index contributed by atoms with van der Waals surface area (Å²) in [6.45, 7) is 0. The zero-order valence-electron chi connectivity index (χ0n) is 5.27. The van der Waals surface area contributed by atoms with Crippen LogP contribution in [0.1, 0.15) is 0 Å². The second kappa shape index (κ2) is 3.60. The van der Waals surface area contributed by atoms with E-state index in [0.717, 1.165) is 9.50 Å². The lowest BCUT2D eigenvalue weighted by atomic mass is 10.5. The summed E-state index contributed by atoms with van der Waals surface area (Å²) in [5.41, 5.74) is 0. The lowest BCUT2D eigenvalue weighted by molar-refractivity contribution is 1.18. The molecule has 0 unspecified atom stereocenters. The molecule has 0 aliphatic carbocycles. The molecule has 0 saturated heterocycles. The average Bonchev–Trinajstić information content (AvgIpc) is 1.88. The van der Waals surface area contributed by atoms with E-state index in [1.165, 1.54) is 0 Å². The first kappa shape index (κ1) is 8.37. The lowest BCUT2D eigenvalue weighted by Crippen LogP contribution is -1.79. The van der Waals surface area contributed by atoms with Crippen molar-refractivity contribution in [3.63, 3.8) is 0 Å². The molecular formula is C6H5BrClNS. The van der Waals surface area contributed by atoms with Gasteiger partial charge in [0.1, 0.15) is 9.76 Å². The molecular weight excluding hydrogens is 233 g/mol. The van der Waals surface area contributed by atoms with Crippen molar-refractivity contribution in [1.82, 2.24) is 4.98 Å². The molecule has 0 aliphatic heterocycles. The van der Waals surface area contributed by atoms with E-state index in [4.69, 9.17) is 11.6 Å². The Morgan fingerprint density at radius 3 is 2.80 bits per heavy atom. The van der Waals surface area contributed by atoms with Crippen molar-refractivity contribution >= 4 is 39.3 Å². The van der Waals surface area contributed by atoms with Gasteiger partial charge in [-0.1, -0.05) is 11.6 Å². The van der Waals surface area contributed by atoms with Gasteiger partial charge in [-0.3, -0.25) is 0 Å². The van der Waals surface area contributed by atoms with E-state index < -0.39 is 0 Å². The Labute approximate surface area is 77.3 Å². The van der Waals surface area contributed by atoms with E-state index in [9.17, 15) is 0 Å². The molecule has 0 radical (unpaired) electrons. The molecule has 1 heterocycles. The molecule has 4 heteroatoms. The van der Waals surface area contributed by atoms with Crippen LogP contribution in [-0.2, 0) is 0 Å². The Kier molecular flexibility index (Phi) is 3.01. The zero-order valence-corrected chi connectivity index (χ0v) is 8.42. The number of hydrogen-bond donors (Lipinski definition) is 0. The zero-order chi connectivity index (χ0) is 7.56. The number of rotatable bonds is 1. The third kappa shape index (κ3) is 1.87. The lowest BCUT2D eigenvalue weighted by Gasteiger charge is -1.97. The SMILES string of the molecule is CSc1ccc(Cl)nc1Br. The van der Waals surface area contributed by atoms with Crippen molar-refractivity contribution in [3.8, 4) is 0 Å². The van der Waals surface area contributed by atoms with Crippen molar-refractivity contribution in [3.05, 3.63) is 21.9 Å². The second-order valence-electron chi connectivity index (χ2n) is 1.63. The molecule has 1 aromatic rings. The molecule has 0 aliphatic rings. The minimum atomic E-state index is 0.518. The Hall–Kier alpha value is 0.270. The highest BCUT2D eigenvalue weighted by atomic mass is 79.9. The molecule has 1 nitrogen and oxygen atoms in total. The number of nitrogens with zero attached hydrogens (tertiary/aromatic N) is 1. The van der Waals surface area contributed by atoms with Crippen LogP contribution in [0.4, 0.5) is 0 Å². The monoisotopic (exact) mass is 237 g/mol. The van der Waals surface area contributed by atoms with Gasteiger partial charge in [0.2, 0.25) is 0 Å². The smallest absolute Gasteiger partial charge is 0.130 e. The number of hydrogen-bond acceptors (Lipinski definition) is 2. The summed E-state index contributed by atoms with van der Waals surface area (Å²) >= 11 is 10.6. The van der Waals surface area contributed by atoms with Crippen LogP contribution in [0.2, 0.25) is 5.15 Å². The van der Waals surface area contributed by atoms with E-state index in [1.807, 2.05) is 12.3 Å². The minimum Gasteiger partial charge on any atom is -0.228 e. The predicted molar refractivity (Wildman–Crippen MR) is 48.7 cm³/mol. The van der Waals surface area contributed by atoms with Crippen molar-refractivity contribution in [2.45, 2.75) is 4.90 Å². The Morgan fingerprint density at radius 1 is 1.60 bits per heavy atom. The van der Waals surface area contributed by atoms with E-state index >= 15 is 0 Å². The van der Waals surface area contributed by atoms with Crippen molar-refractivity contribution in [1.29, 1.82) is 0 Å². The maximum absolute atomic E-state index is 5.62. The first-order chi connectivity index (χ1) is 4.74. The van der Waals surface area contributed by atoms with Gasteiger partial charge in [-0.25, -0.2) is 4.98 Å². The van der Waals surface area contributed by atoms with Gasteiger partial charge in [-0.2, -0.15) is 0 Å². The van der Waals surface area contributed by atoms with Gasteiger partial charge in [0.15, 0.2) is 0 Å². The summed E-state index contributed by atoms with van der Waals surface area (Å²) in [6.07, 6.45) is 2.00. The fourth-order valence-electron chi connectivity index (χ4n) is 0.552. The van der Waals surface area contributed by atoms with Gasteiger partial charge in [0.05, 0.1) is 0 Å². The molecule has 0 aromatic carbocycles. The van der Waals surface area contributed by atoms with E-state index in [0.29, 0.717) is 5.15 Å². The quantitative estimate of drug-likeness (QED) is 0.550.